The highest BCUT2D eigenvalue weighted by Gasteiger charge is 2.12. The van der Waals surface area contributed by atoms with E-state index < -0.39 is 0 Å². The van der Waals surface area contributed by atoms with E-state index in [1.807, 2.05) is 30.3 Å². The van der Waals surface area contributed by atoms with Crippen LogP contribution in [0, 0.1) is 6.92 Å². The SMILES string of the molecule is Cc1noc(-c2ccccc2NC(=O)/C=C/c2ccc(Cl)cc2)n1. The summed E-state index contributed by atoms with van der Waals surface area (Å²) >= 11 is 5.84. The highest BCUT2D eigenvalue weighted by atomic mass is 35.5. The zero-order valence-electron chi connectivity index (χ0n) is 12.9. The fraction of sp³-hybridized carbons (Fsp3) is 0.0556. The highest BCUT2D eigenvalue weighted by Crippen LogP contribution is 2.26. The standard InChI is InChI=1S/C18H14ClN3O2/c1-12-20-18(24-22-12)15-4-2-3-5-16(15)21-17(23)11-8-13-6-9-14(19)10-7-13/h2-11H,1H3,(H,21,23)/b11-8+. The zero-order valence-corrected chi connectivity index (χ0v) is 13.6. The first-order valence-corrected chi connectivity index (χ1v) is 7.64. The van der Waals surface area contributed by atoms with E-state index in [0.29, 0.717) is 28.0 Å². The fourth-order valence-corrected chi connectivity index (χ4v) is 2.23. The number of para-hydroxylation sites is 1. The molecule has 1 aromatic heterocycles. The number of nitrogens with one attached hydrogen (secondary N) is 1. The van der Waals surface area contributed by atoms with Crippen LogP contribution in [0.15, 0.2) is 59.1 Å². The Balaban J connectivity index is 1.76. The number of hydrogen-bond acceptors (Lipinski definition) is 4. The van der Waals surface area contributed by atoms with Crippen molar-refractivity contribution in [2.24, 2.45) is 0 Å². The van der Waals surface area contributed by atoms with Crippen molar-refractivity contribution in [1.29, 1.82) is 0 Å². The van der Waals surface area contributed by atoms with Crippen LogP contribution in [0.5, 0.6) is 0 Å². The number of hydrogen-bond donors (Lipinski definition) is 1. The average molecular weight is 340 g/mol. The lowest BCUT2D eigenvalue weighted by Gasteiger charge is -2.06. The van der Waals surface area contributed by atoms with Gasteiger partial charge in [0.1, 0.15) is 0 Å². The molecule has 0 fully saturated rings. The second-order valence-corrected chi connectivity index (χ2v) is 5.50. The van der Waals surface area contributed by atoms with Gasteiger partial charge in [0.05, 0.1) is 11.3 Å². The number of nitrogens with zero attached hydrogens (tertiary/aromatic N) is 2. The Morgan fingerprint density at radius 3 is 2.62 bits per heavy atom. The minimum absolute atomic E-state index is 0.256. The van der Waals surface area contributed by atoms with Crippen LogP contribution in [0.3, 0.4) is 0 Å². The van der Waals surface area contributed by atoms with E-state index >= 15 is 0 Å². The molecule has 0 radical (unpaired) electrons. The van der Waals surface area contributed by atoms with E-state index in [-0.39, 0.29) is 5.91 Å². The maximum absolute atomic E-state index is 12.2. The molecule has 0 spiro atoms. The first kappa shape index (κ1) is 16.0. The minimum atomic E-state index is -0.256. The predicted molar refractivity (Wildman–Crippen MR) is 93.6 cm³/mol. The highest BCUT2D eigenvalue weighted by molar-refractivity contribution is 6.30. The second kappa shape index (κ2) is 7.10. The van der Waals surface area contributed by atoms with Gasteiger partial charge >= 0.3 is 0 Å². The maximum Gasteiger partial charge on any atom is 0.260 e. The van der Waals surface area contributed by atoms with Gasteiger partial charge in [-0.2, -0.15) is 4.98 Å². The average Bonchev–Trinajstić information content (AvgIpc) is 3.01. The Bertz CT molecular complexity index is 885. The largest absolute Gasteiger partial charge is 0.334 e. The van der Waals surface area contributed by atoms with Crippen molar-refractivity contribution < 1.29 is 9.32 Å². The molecule has 0 aliphatic rings. The van der Waals surface area contributed by atoms with Crippen molar-refractivity contribution in [2.45, 2.75) is 6.92 Å². The van der Waals surface area contributed by atoms with Gasteiger partial charge < -0.3 is 9.84 Å². The van der Waals surface area contributed by atoms with Crippen LogP contribution in [0.4, 0.5) is 5.69 Å². The topological polar surface area (TPSA) is 68.0 Å². The predicted octanol–water partition coefficient (Wildman–Crippen LogP) is 4.35. The Labute approximate surface area is 144 Å². The van der Waals surface area contributed by atoms with Crippen molar-refractivity contribution in [3.05, 3.63) is 71.0 Å². The Hall–Kier alpha value is -2.92. The Morgan fingerprint density at radius 2 is 1.92 bits per heavy atom. The number of amides is 1. The molecule has 0 saturated carbocycles. The molecule has 0 aliphatic carbocycles. The molecule has 24 heavy (non-hydrogen) atoms. The second-order valence-electron chi connectivity index (χ2n) is 5.07. The third-order valence-electron chi connectivity index (χ3n) is 3.24. The maximum atomic E-state index is 12.2. The molecule has 6 heteroatoms. The summed E-state index contributed by atoms with van der Waals surface area (Å²) in [6, 6.07) is 14.5. The number of anilines is 1. The molecule has 1 amide bonds. The summed E-state index contributed by atoms with van der Waals surface area (Å²) in [7, 11) is 0. The minimum Gasteiger partial charge on any atom is -0.334 e. The first-order valence-electron chi connectivity index (χ1n) is 7.26. The van der Waals surface area contributed by atoms with Gasteiger partial charge in [-0.1, -0.05) is 41.0 Å². The number of benzene rings is 2. The molecule has 0 saturated heterocycles. The van der Waals surface area contributed by atoms with Crippen molar-refractivity contribution >= 4 is 29.3 Å². The van der Waals surface area contributed by atoms with Gasteiger partial charge in [-0.3, -0.25) is 4.79 Å². The lowest BCUT2D eigenvalue weighted by atomic mass is 10.1. The van der Waals surface area contributed by atoms with Gasteiger partial charge in [-0.05, 0) is 42.8 Å². The number of carbonyl (C=O) groups excluding carboxylic acids is 1. The number of aromatic nitrogens is 2. The zero-order chi connectivity index (χ0) is 16.9. The number of halogens is 1. The monoisotopic (exact) mass is 339 g/mol. The molecule has 0 bridgehead atoms. The van der Waals surface area contributed by atoms with Crippen molar-refractivity contribution in [3.63, 3.8) is 0 Å². The van der Waals surface area contributed by atoms with Gasteiger partial charge in [-0.25, -0.2) is 0 Å². The third kappa shape index (κ3) is 3.88. The molecule has 2 aromatic carbocycles. The summed E-state index contributed by atoms with van der Waals surface area (Å²) in [5, 5.41) is 7.25. The summed E-state index contributed by atoms with van der Waals surface area (Å²) in [6.45, 7) is 1.74. The summed E-state index contributed by atoms with van der Waals surface area (Å²) in [5.41, 5.74) is 2.16. The van der Waals surface area contributed by atoms with E-state index in [0.717, 1.165) is 5.56 Å². The van der Waals surface area contributed by atoms with E-state index in [2.05, 4.69) is 15.5 Å². The molecule has 0 atom stereocenters. The van der Waals surface area contributed by atoms with E-state index in [9.17, 15) is 4.79 Å². The van der Waals surface area contributed by atoms with Crippen LogP contribution in [-0.2, 0) is 4.79 Å². The molecule has 1 N–H and O–H groups in total. The van der Waals surface area contributed by atoms with Gasteiger partial charge in [0.2, 0.25) is 5.91 Å². The third-order valence-corrected chi connectivity index (χ3v) is 3.49. The molecular weight excluding hydrogens is 326 g/mol. The first-order chi connectivity index (χ1) is 11.6. The molecule has 3 rings (SSSR count). The van der Waals surface area contributed by atoms with E-state index in [1.54, 1.807) is 31.2 Å². The fourth-order valence-electron chi connectivity index (χ4n) is 2.11. The van der Waals surface area contributed by atoms with Crippen LogP contribution in [-0.4, -0.2) is 16.0 Å². The van der Waals surface area contributed by atoms with Crippen LogP contribution < -0.4 is 5.32 Å². The molecular formula is C18H14ClN3O2. The summed E-state index contributed by atoms with van der Waals surface area (Å²) in [4.78, 5) is 16.3. The summed E-state index contributed by atoms with van der Waals surface area (Å²) in [6.07, 6.45) is 3.17. The van der Waals surface area contributed by atoms with Crippen LogP contribution in [0.25, 0.3) is 17.5 Å². The van der Waals surface area contributed by atoms with Crippen molar-refractivity contribution in [1.82, 2.24) is 10.1 Å². The summed E-state index contributed by atoms with van der Waals surface area (Å²) < 4.78 is 5.17. The molecule has 0 aliphatic heterocycles. The van der Waals surface area contributed by atoms with Crippen molar-refractivity contribution in [3.8, 4) is 11.5 Å². The van der Waals surface area contributed by atoms with Crippen molar-refractivity contribution in [2.75, 3.05) is 5.32 Å². The lowest BCUT2D eigenvalue weighted by molar-refractivity contribution is -0.111. The van der Waals surface area contributed by atoms with Gasteiger partial charge in [0.25, 0.3) is 5.89 Å². The van der Waals surface area contributed by atoms with E-state index in [4.69, 9.17) is 16.1 Å². The molecule has 3 aromatic rings. The van der Waals surface area contributed by atoms with E-state index in [1.165, 1.54) is 6.08 Å². The molecule has 120 valence electrons. The molecule has 1 heterocycles. The number of carbonyl (C=O) groups is 1. The lowest BCUT2D eigenvalue weighted by Crippen LogP contribution is -2.08. The summed E-state index contributed by atoms with van der Waals surface area (Å²) in [5.74, 6) is 0.646. The van der Waals surface area contributed by atoms with Gasteiger partial charge in [0.15, 0.2) is 5.82 Å². The number of aryl methyl sites for hydroxylation is 1. The normalized spacial score (nSPS) is 10.9. The Kier molecular flexibility index (Phi) is 4.72. The Morgan fingerprint density at radius 1 is 1.17 bits per heavy atom. The quantitative estimate of drug-likeness (QED) is 0.717. The smallest absolute Gasteiger partial charge is 0.260 e. The van der Waals surface area contributed by atoms with Gasteiger partial charge in [0, 0.05) is 11.1 Å². The van der Waals surface area contributed by atoms with Crippen LogP contribution in [0.1, 0.15) is 11.4 Å². The van der Waals surface area contributed by atoms with Crippen LogP contribution >= 0.6 is 11.6 Å². The molecule has 0 unspecified atom stereocenters. The van der Waals surface area contributed by atoms with Crippen LogP contribution in [0.2, 0.25) is 5.02 Å². The molecule has 5 nitrogen and oxygen atoms in total. The number of rotatable bonds is 4. The van der Waals surface area contributed by atoms with Gasteiger partial charge in [-0.15, -0.1) is 0 Å².